The molecule has 0 aliphatic carbocycles. The lowest BCUT2D eigenvalue weighted by Gasteiger charge is -2.15. The van der Waals surface area contributed by atoms with Crippen molar-refractivity contribution in [3.05, 3.63) is 57.8 Å². The topological polar surface area (TPSA) is 89.2 Å². The first kappa shape index (κ1) is 28.8. The van der Waals surface area contributed by atoms with Crippen molar-refractivity contribution in [1.82, 2.24) is 15.0 Å². The fraction of sp³-hybridized carbons (Fsp3) is 0.381. The normalized spacial score (nSPS) is 10.1. The van der Waals surface area contributed by atoms with Gasteiger partial charge in [-0.3, -0.25) is 4.79 Å². The van der Waals surface area contributed by atoms with Crippen LogP contribution < -0.4 is 16.2 Å². The van der Waals surface area contributed by atoms with E-state index in [1.165, 1.54) is 0 Å². The Hall–Kier alpha value is -2.22. The highest BCUT2D eigenvalue weighted by Gasteiger charge is 2.13. The van der Waals surface area contributed by atoms with E-state index in [0.717, 1.165) is 22.4 Å². The molecular weight excluding hydrogens is 463 g/mol. The van der Waals surface area contributed by atoms with Crippen LogP contribution in [-0.4, -0.2) is 22.3 Å². The maximum Gasteiger partial charge on any atom is 0.319 e. The van der Waals surface area contributed by atoms with E-state index in [4.69, 9.17) is 4.52 Å². The Kier molecular flexibility index (Phi) is 11.7. The number of carbonyl (C=O) groups excluding carboxylic acids is 1. The van der Waals surface area contributed by atoms with Crippen LogP contribution >= 0.6 is 37.2 Å². The van der Waals surface area contributed by atoms with E-state index in [9.17, 15) is 9.59 Å². The summed E-state index contributed by atoms with van der Waals surface area (Å²) < 4.78 is 6.80. The number of fused-ring (bicyclic) bond motifs is 1. The number of benzene rings is 1. The van der Waals surface area contributed by atoms with Crippen LogP contribution in [-0.2, 0) is 13.0 Å². The summed E-state index contributed by atoms with van der Waals surface area (Å²) in [6.45, 7) is 8.89. The number of nitrogens with one attached hydrogen (secondary N) is 2. The lowest BCUT2D eigenvalue weighted by atomic mass is 10.1. The van der Waals surface area contributed by atoms with Crippen LogP contribution in [0.4, 0.5) is 10.5 Å². The van der Waals surface area contributed by atoms with E-state index in [1.54, 1.807) is 16.8 Å². The predicted molar refractivity (Wildman–Crippen MR) is 131 cm³/mol. The monoisotopic (exact) mass is 490 g/mol. The molecule has 2 aromatic heterocycles. The minimum atomic E-state index is -0.313. The van der Waals surface area contributed by atoms with Gasteiger partial charge >= 0.3 is 6.03 Å². The zero-order chi connectivity index (χ0) is 20.3. The van der Waals surface area contributed by atoms with Crippen molar-refractivity contribution in [2.75, 3.05) is 11.9 Å². The van der Waals surface area contributed by atoms with Crippen molar-refractivity contribution in [3.8, 4) is 0 Å². The first-order valence-electron chi connectivity index (χ1n) is 9.45. The molecule has 0 saturated heterocycles. The maximum atomic E-state index is 12.7. The maximum absolute atomic E-state index is 12.7. The number of halogens is 3. The minimum Gasteiger partial charge on any atom is -0.361 e. The number of carbonyl (C=O) groups is 1. The molecule has 0 bridgehead atoms. The molecule has 2 heterocycles. The number of aryl methyl sites for hydroxylation is 2. The summed E-state index contributed by atoms with van der Waals surface area (Å²) in [7, 11) is 0. The van der Waals surface area contributed by atoms with Crippen LogP contribution in [0.15, 0.2) is 39.8 Å². The molecule has 3 aromatic rings. The third-order valence-corrected chi connectivity index (χ3v) is 4.65. The van der Waals surface area contributed by atoms with Gasteiger partial charge in [-0.05, 0) is 32.3 Å². The van der Waals surface area contributed by atoms with Crippen molar-refractivity contribution in [2.45, 2.75) is 40.7 Å². The highest BCUT2D eigenvalue weighted by atomic mass is 35.5. The van der Waals surface area contributed by atoms with Crippen molar-refractivity contribution in [1.29, 1.82) is 0 Å². The van der Waals surface area contributed by atoms with Gasteiger partial charge in [0.15, 0.2) is 0 Å². The standard InChI is InChI=1S/C21H26N4O3.3ClH/c1-13(2)11-25-12-19(17-7-5-6-8-18(17)20(25)26)23-21(27)22-10-9-16-14(3)24-28-15(16)4;;;/h5-8,12-13H,9-11H2,1-4H3,(H2,22,23,27);3*1H. The summed E-state index contributed by atoms with van der Waals surface area (Å²) in [6, 6.07) is 7.00. The number of pyridine rings is 1. The Morgan fingerprint density at radius 3 is 2.35 bits per heavy atom. The fourth-order valence-electron chi connectivity index (χ4n) is 3.30. The number of nitrogens with zero attached hydrogens (tertiary/aromatic N) is 2. The van der Waals surface area contributed by atoms with E-state index in [1.807, 2.05) is 32.0 Å². The number of amides is 2. The lowest BCUT2D eigenvalue weighted by Crippen LogP contribution is -2.31. The largest absolute Gasteiger partial charge is 0.361 e. The minimum absolute atomic E-state index is 0. The van der Waals surface area contributed by atoms with Crippen LogP contribution in [0.1, 0.15) is 30.9 Å². The Morgan fingerprint density at radius 2 is 1.77 bits per heavy atom. The average Bonchev–Trinajstić information content (AvgIpc) is 2.97. The molecule has 2 amide bonds. The van der Waals surface area contributed by atoms with Crippen molar-refractivity contribution in [3.63, 3.8) is 0 Å². The number of urea groups is 1. The number of hydrogen-bond acceptors (Lipinski definition) is 4. The second-order valence-electron chi connectivity index (χ2n) is 7.37. The van der Waals surface area contributed by atoms with Gasteiger partial charge in [-0.2, -0.15) is 0 Å². The molecule has 1 aromatic carbocycles. The Labute approximate surface area is 200 Å². The van der Waals surface area contributed by atoms with Gasteiger partial charge in [0.1, 0.15) is 5.76 Å². The van der Waals surface area contributed by atoms with Gasteiger partial charge < -0.3 is 19.7 Å². The van der Waals surface area contributed by atoms with Gasteiger partial charge in [0, 0.05) is 35.6 Å². The molecule has 7 nitrogen and oxygen atoms in total. The highest BCUT2D eigenvalue weighted by molar-refractivity contribution is 6.00. The van der Waals surface area contributed by atoms with Crippen LogP contribution in [0.2, 0.25) is 0 Å². The first-order valence-corrected chi connectivity index (χ1v) is 9.45. The third-order valence-electron chi connectivity index (χ3n) is 4.65. The molecule has 172 valence electrons. The predicted octanol–water partition coefficient (Wildman–Crippen LogP) is 4.89. The Bertz CT molecular complexity index is 1040. The SMILES string of the molecule is Cc1noc(C)c1CCNC(=O)Nc1cn(CC(C)C)c(=O)c2ccccc12.Cl.Cl.Cl. The third kappa shape index (κ3) is 6.89. The quantitative estimate of drug-likeness (QED) is 0.514. The molecule has 0 spiro atoms. The van der Waals surface area contributed by atoms with Crippen LogP contribution in [0, 0.1) is 19.8 Å². The van der Waals surface area contributed by atoms with Gasteiger partial charge in [0.25, 0.3) is 5.56 Å². The highest BCUT2D eigenvalue weighted by Crippen LogP contribution is 2.21. The summed E-state index contributed by atoms with van der Waals surface area (Å²) in [5, 5.41) is 11.0. The molecule has 0 saturated carbocycles. The Morgan fingerprint density at radius 1 is 1.13 bits per heavy atom. The number of hydrogen-bond donors (Lipinski definition) is 2. The zero-order valence-corrected chi connectivity index (χ0v) is 20.4. The second-order valence-corrected chi connectivity index (χ2v) is 7.37. The molecule has 0 radical (unpaired) electrons. The molecular formula is C21H29Cl3N4O3. The van der Waals surface area contributed by atoms with Crippen LogP contribution in [0.25, 0.3) is 10.8 Å². The van der Waals surface area contributed by atoms with Crippen molar-refractivity contribution >= 4 is 59.7 Å². The number of anilines is 1. The van der Waals surface area contributed by atoms with Gasteiger partial charge in [-0.1, -0.05) is 37.2 Å². The van der Waals surface area contributed by atoms with E-state index < -0.39 is 0 Å². The van der Waals surface area contributed by atoms with Gasteiger partial charge in [0.2, 0.25) is 0 Å². The van der Waals surface area contributed by atoms with Gasteiger partial charge in [-0.25, -0.2) is 4.79 Å². The van der Waals surface area contributed by atoms with E-state index >= 15 is 0 Å². The smallest absolute Gasteiger partial charge is 0.319 e. The van der Waals surface area contributed by atoms with E-state index in [-0.39, 0.29) is 48.8 Å². The molecule has 0 aliphatic rings. The molecule has 0 aliphatic heterocycles. The number of aromatic nitrogens is 2. The summed E-state index contributed by atoms with van der Waals surface area (Å²) in [5.41, 5.74) is 2.42. The van der Waals surface area contributed by atoms with E-state index in [2.05, 4.69) is 29.6 Å². The molecule has 31 heavy (non-hydrogen) atoms. The van der Waals surface area contributed by atoms with Crippen molar-refractivity contribution in [2.24, 2.45) is 5.92 Å². The van der Waals surface area contributed by atoms with E-state index in [0.29, 0.717) is 36.5 Å². The molecule has 0 unspecified atom stereocenters. The van der Waals surface area contributed by atoms with Crippen LogP contribution in [0.5, 0.6) is 0 Å². The van der Waals surface area contributed by atoms with Gasteiger partial charge in [-0.15, -0.1) is 37.2 Å². The summed E-state index contributed by atoms with van der Waals surface area (Å²) in [6.07, 6.45) is 2.36. The van der Waals surface area contributed by atoms with Crippen molar-refractivity contribution < 1.29 is 9.32 Å². The zero-order valence-electron chi connectivity index (χ0n) is 17.9. The Balaban J connectivity index is 0.00000300. The molecule has 0 fully saturated rings. The molecule has 10 heteroatoms. The number of rotatable bonds is 6. The van der Waals surface area contributed by atoms with Crippen LogP contribution in [0.3, 0.4) is 0 Å². The summed E-state index contributed by atoms with van der Waals surface area (Å²) >= 11 is 0. The average molecular weight is 492 g/mol. The molecule has 0 atom stereocenters. The molecule has 2 N–H and O–H groups in total. The lowest BCUT2D eigenvalue weighted by molar-refractivity contribution is 0.252. The molecule has 3 rings (SSSR count). The summed E-state index contributed by atoms with van der Waals surface area (Å²) in [5.74, 6) is 1.09. The second kappa shape index (κ2) is 12.6. The summed E-state index contributed by atoms with van der Waals surface area (Å²) in [4.78, 5) is 25.1. The van der Waals surface area contributed by atoms with Gasteiger partial charge in [0.05, 0.1) is 11.4 Å². The first-order chi connectivity index (χ1) is 13.4. The fourth-order valence-corrected chi connectivity index (χ4v) is 3.30.